The van der Waals surface area contributed by atoms with Crippen molar-refractivity contribution in [3.63, 3.8) is 0 Å². The first-order valence-electron chi connectivity index (χ1n) is 14.8. The lowest BCUT2D eigenvalue weighted by atomic mass is 9.93. The fraction of sp³-hybridized carbons (Fsp3) is 0.105. The Morgan fingerprint density at radius 3 is 1.52 bits per heavy atom. The van der Waals surface area contributed by atoms with E-state index in [0.717, 1.165) is 21.6 Å². The first-order chi connectivity index (χ1) is 22.2. The molecule has 46 heavy (non-hydrogen) atoms. The van der Waals surface area contributed by atoms with E-state index in [1.54, 1.807) is 42.5 Å². The van der Waals surface area contributed by atoms with E-state index in [9.17, 15) is 19.2 Å². The van der Waals surface area contributed by atoms with Gasteiger partial charge in [0.1, 0.15) is 23.0 Å². The molecule has 1 atom stereocenters. The Labute approximate surface area is 265 Å². The largest absolute Gasteiger partial charge is 0.457 e. The average Bonchev–Trinajstić information content (AvgIpc) is 3.44. The third-order valence-corrected chi connectivity index (χ3v) is 8.41. The summed E-state index contributed by atoms with van der Waals surface area (Å²) in [6, 6.07) is 32.6. The summed E-state index contributed by atoms with van der Waals surface area (Å²) in [6.07, 6.45) is 0. The molecule has 1 unspecified atom stereocenters. The maximum absolute atomic E-state index is 13.2. The lowest BCUT2D eigenvalue weighted by Crippen LogP contribution is -2.29. The number of carbonyl (C=O) groups excluding carboxylic acids is 4. The van der Waals surface area contributed by atoms with Gasteiger partial charge in [-0.15, -0.1) is 0 Å². The number of fused-ring (bicyclic) bond motifs is 2. The lowest BCUT2D eigenvalue weighted by molar-refractivity contribution is 0.0692. The number of nitrogens with zero attached hydrogens (tertiary/aromatic N) is 2. The quantitative estimate of drug-likeness (QED) is 0.175. The Morgan fingerprint density at radius 1 is 0.522 bits per heavy atom. The van der Waals surface area contributed by atoms with Crippen molar-refractivity contribution in [2.24, 2.45) is 0 Å². The predicted molar refractivity (Wildman–Crippen MR) is 172 cm³/mol. The molecule has 4 amide bonds. The SMILES string of the molecule is Cc1cccc(N2C(=O)c3ccc(Oc4ccc(C(C)c5ccc(Oc6ccc7c(c6)C(=O)N(C)C7=O)cc5)cc4)cc3C2=O)c1. The molecule has 2 aliphatic heterocycles. The summed E-state index contributed by atoms with van der Waals surface area (Å²) in [7, 11) is 1.47. The standard InChI is InChI=1S/C38H28N2O6/c1-22-5-4-6-26(19-22)40-37(43)32-18-16-30(21-34(32)38(40)44)46-28-13-9-25(10-14-28)23(2)24-7-11-27(12-8-24)45-29-15-17-31-33(20-29)36(42)39(3)35(31)41/h4-21,23H,1-3H3. The number of benzene rings is 5. The van der Waals surface area contributed by atoms with Crippen LogP contribution < -0.4 is 14.4 Å². The van der Waals surface area contributed by atoms with Crippen LogP contribution in [0.15, 0.2) is 109 Å². The molecule has 2 heterocycles. The van der Waals surface area contributed by atoms with E-state index in [-0.39, 0.29) is 29.5 Å². The van der Waals surface area contributed by atoms with Crippen molar-refractivity contribution in [3.8, 4) is 23.0 Å². The first kappa shape index (κ1) is 28.7. The van der Waals surface area contributed by atoms with Crippen LogP contribution >= 0.6 is 0 Å². The molecule has 226 valence electrons. The molecule has 0 bridgehead atoms. The Bertz CT molecular complexity index is 2070. The topological polar surface area (TPSA) is 93.2 Å². The lowest BCUT2D eigenvalue weighted by Gasteiger charge is -2.15. The normalized spacial score (nSPS) is 14.4. The van der Waals surface area contributed by atoms with Gasteiger partial charge in [0.25, 0.3) is 23.6 Å². The van der Waals surface area contributed by atoms with Crippen molar-refractivity contribution in [1.29, 1.82) is 0 Å². The van der Waals surface area contributed by atoms with Gasteiger partial charge >= 0.3 is 0 Å². The van der Waals surface area contributed by atoms with E-state index in [4.69, 9.17) is 9.47 Å². The number of aryl methyl sites for hydroxylation is 1. The summed E-state index contributed by atoms with van der Waals surface area (Å²) in [5.41, 5.74) is 5.05. The Hall–Kier alpha value is -6.02. The third-order valence-electron chi connectivity index (χ3n) is 8.41. The van der Waals surface area contributed by atoms with Crippen molar-refractivity contribution in [1.82, 2.24) is 4.90 Å². The van der Waals surface area contributed by atoms with E-state index in [1.807, 2.05) is 73.7 Å². The molecule has 0 aromatic heterocycles. The van der Waals surface area contributed by atoms with Crippen LogP contribution in [-0.2, 0) is 0 Å². The fourth-order valence-electron chi connectivity index (χ4n) is 5.80. The van der Waals surface area contributed by atoms with E-state index < -0.39 is 0 Å². The molecule has 0 N–H and O–H groups in total. The van der Waals surface area contributed by atoms with Crippen molar-refractivity contribution in [3.05, 3.63) is 148 Å². The van der Waals surface area contributed by atoms with Gasteiger partial charge in [-0.05, 0) is 96.4 Å². The molecule has 7 rings (SSSR count). The van der Waals surface area contributed by atoms with E-state index in [2.05, 4.69) is 6.92 Å². The van der Waals surface area contributed by atoms with Gasteiger partial charge in [0.2, 0.25) is 0 Å². The van der Waals surface area contributed by atoms with Crippen LogP contribution in [-0.4, -0.2) is 35.6 Å². The highest BCUT2D eigenvalue weighted by Crippen LogP contribution is 2.34. The Balaban J connectivity index is 1.01. The minimum Gasteiger partial charge on any atom is -0.457 e. The molecule has 5 aromatic carbocycles. The van der Waals surface area contributed by atoms with Crippen LogP contribution in [0.2, 0.25) is 0 Å². The summed E-state index contributed by atoms with van der Waals surface area (Å²) in [4.78, 5) is 53.0. The number of amides is 4. The third kappa shape index (κ3) is 4.99. The molecule has 8 heteroatoms. The highest BCUT2D eigenvalue weighted by molar-refractivity contribution is 6.34. The van der Waals surface area contributed by atoms with Gasteiger partial charge in [-0.1, -0.05) is 43.3 Å². The second-order valence-corrected chi connectivity index (χ2v) is 11.4. The van der Waals surface area contributed by atoms with Crippen molar-refractivity contribution < 1.29 is 28.7 Å². The molecule has 0 radical (unpaired) electrons. The average molecular weight is 609 g/mol. The molecule has 0 saturated carbocycles. The van der Waals surface area contributed by atoms with Gasteiger partial charge in [0.15, 0.2) is 0 Å². The van der Waals surface area contributed by atoms with E-state index >= 15 is 0 Å². The molecular weight excluding hydrogens is 580 g/mol. The fourth-order valence-corrected chi connectivity index (χ4v) is 5.80. The van der Waals surface area contributed by atoms with Crippen molar-refractivity contribution in [2.75, 3.05) is 11.9 Å². The second-order valence-electron chi connectivity index (χ2n) is 11.4. The molecule has 0 aliphatic carbocycles. The van der Waals surface area contributed by atoms with Gasteiger partial charge in [0, 0.05) is 13.0 Å². The predicted octanol–water partition coefficient (Wildman–Crippen LogP) is 7.76. The highest BCUT2D eigenvalue weighted by atomic mass is 16.5. The monoisotopic (exact) mass is 608 g/mol. The smallest absolute Gasteiger partial charge is 0.266 e. The van der Waals surface area contributed by atoms with Gasteiger partial charge in [-0.2, -0.15) is 0 Å². The molecular formula is C38H28N2O6. The van der Waals surface area contributed by atoms with Crippen molar-refractivity contribution in [2.45, 2.75) is 19.8 Å². The number of hydrogen-bond acceptors (Lipinski definition) is 6. The number of anilines is 1. The van der Waals surface area contributed by atoms with Gasteiger partial charge in [-0.25, -0.2) is 4.90 Å². The molecule has 2 aliphatic rings. The van der Waals surface area contributed by atoms with E-state index in [1.165, 1.54) is 11.9 Å². The van der Waals surface area contributed by atoms with Gasteiger partial charge < -0.3 is 9.47 Å². The summed E-state index contributed by atoms with van der Waals surface area (Å²) in [5.74, 6) is 0.877. The molecule has 8 nitrogen and oxygen atoms in total. The minimum atomic E-state index is -0.372. The number of rotatable bonds is 7. The molecule has 5 aromatic rings. The van der Waals surface area contributed by atoms with Crippen LogP contribution in [0.5, 0.6) is 23.0 Å². The zero-order valence-electron chi connectivity index (χ0n) is 25.3. The van der Waals surface area contributed by atoms with E-state index in [0.29, 0.717) is 50.9 Å². The van der Waals surface area contributed by atoms with Crippen LogP contribution in [0.25, 0.3) is 0 Å². The zero-order chi connectivity index (χ0) is 32.1. The molecule has 0 fully saturated rings. The van der Waals surface area contributed by atoms with Crippen LogP contribution in [0, 0.1) is 6.92 Å². The van der Waals surface area contributed by atoms with Crippen LogP contribution in [0.3, 0.4) is 0 Å². The summed E-state index contributed by atoms with van der Waals surface area (Å²) in [6.45, 7) is 4.02. The summed E-state index contributed by atoms with van der Waals surface area (Å²) >= 11 is 0. The number of hydrogen-bond donors (Lipinski definition) is 0. The second kappa shape index (κ2) is 11.2. The van der Waals surface area contributed by atoms with Gasteiger partial charge in [0.05, 0.1) is 27.9 Å². The number of imide groups is 2. The zero-order valence-corrected chi connectivity index (χ0v) is 25.3. The number of carbonyl (C=O) groups is 4. The minimum absolute atomic E-state index is 0.0819. The molecule has 0 saturated heterocycles. The maximum atomic E-state index is 13.2. The van der Waals surface area contributed by atoms with Gasteiger partial charge in [-0.3, -0.25) is 24.1 Å². The summed E-state index contributed by atoms with van der Waals surface area (Å²) < 4.78 is 12.0. The maximum Gasteiger partial charge on any atom is 0.266 e. The first-order valence-corrected chi connectivity index (χ1v) is 14.8. The van der Waals surface area contributed by atoms with Crippen LogP contribution in [0.4, 0.5) is 5.69 Å². The highest BCUT2D eigenvalue weighted by Gasteiger charge is 2.37. The Morgan fingerprint density at radius 2 is 0.978 bits per heavy atom. The van der Waals surface area contributed by atoms with Crippen LogP contribution in [0.1, 0.15) is 71.0 Å². The summed E-state index contributed by atoms with van der Waals surface area (Å²) in [5, 5.41) is 0. The molecule has 0 spiro atoms. The van der Waals surface area contributed by atoms with Crippen molar-refractivity contribution >= 4 is 29.3 Å². The Kier molecular flexibility index (Phi) is 6.97. The number of ether oxygens (including phenoxy) is 2.